The van der Waals surface area contributed by atoms with Crippen LogP contribution in [0.2, 0.25) is 10.0 Å². The highest BCUT2D eigenvalue weighted by Crippen LogP contribution is 2.29. The van der Waals surface area contributed by atoms with E-state index in [1.807, 2.05) is 0 Å². The van der Waals surface area contributed by atoms with Crippen molar-refractivity contribution in [3.63, 3.8) is 0 Å². The van der Waals surface area contributed by atoms with Gasteiger partial charge in [0, 0.05) is 29.2 Å². The van der Waals surface area contributed by atoms with Gasteiger partial charge in [-0.2, -0.15) is 0 Å². The van der Waals surface area contributed by atoms with Crippen LogP contribution in [0.1, 0.15) is 6.42 Å². The van der Waals surface area contributed by atoms with Gasteiger partial charge in [-0.05, 0) is 42.5 Å². The van der Waals surface area contributed by atoms with Gasteiger partial charge in [-0.15, -0.1) is 0 Å². The highest BCUT2D eigenvalue weighted by Gasteiger charge is 2.34. The van der Waals surface area contributed by atoms with E-state index in [-0.39, 0.29) is 18.2 Å². The Balaban J connectivity index is 1.77. The average Bonchev–Trinajstić information content (AvgIpc) is 2.60. The minimum Gasteiger partial charge on any atom is -0.325 e. The summed E-state index contributed by atoms with van der Waals surface area (Å²) in [6.07, 6.45) is 0.106. The van der Waals surface area contributed by atoms with Crippen molar-refractivity contribution < 1.29 is 9.59 Å². The highest BCUT2D eigenvalue weighted by molar-refractivity contribution is 8.15. The largest absolute Gasteiger partial charge is 0.325 e. The zero-order valence-corrected chi connectivity index (χ0v) is 16.1. The van der Waals surface area contributed by atoms with Gasteiger partial charge < -0.3 is 5.32 Å². The molecule has 1 atom stereocenters. The number of carbonyl (C=O) groups is 2. The summed E-state index contributed by atoms with van der Waals surface area (Å²) in [6, 6.07) is 13.8. The second kappa shape index (κ2) is 8.12. The molecule has 26 heavy (non-hydrogen) atoms. The maximum absolute atomic E-state index is 12.5. The zero-order valence-electron chi connectivity index (χ0n) is 13.8. The Bertz CT molecular complexity index is 871. The van der Waals surface area contributed by atoms with Gasteiger partial charge in [0.15, 0.2) is 5.17 Å². The van der Waals surface area contributed by atoms with Crippen LogP contribution in [-0.4, -0.2) is 34.2 Å². The molecule has 1 N–H and O–H groups in total. The lowest BCUT2D eigenvalue weighted by molar-refractivity contribution is -0.128. The molecule has 1 heterocycles. The SMILES string of the molecule is CN1C(=O)CC(C(=O)Nc2ccc(Cl)cc2)SC1=Nc1cccc(Cl)c1. The van der Waals surface area contributed by atoms with Gasteiger partial charge in [0.1, 0.15) is 5.25 Å². The van der Waals surface area contributed by atoms with Crippen molar-refractivity contribution >= 4 is 63.3 Å². The monoisotopic (exact) mass is 407 g/mol. The lowest BCUT2D eigenvalue weighted by Gasteiger charge is -2.28. The number of rotatable bonds is 3. The number of amides is 2. The number of benzene rings is 2. The predicted octanol–water partition coefficient (Wildman–Crippen LogP) is 4.58. The Morgan fingerprint density at radius 3 is 2.62 bits per heavy atom. The number of hydrogen-bond donors (Lipinski definition) is 1. The van der Waals surface area contributed by atoms with Gasteiger partial charge in [-0.25, -0.2) is 4.99 Å². The standard InChI is InChI=1S/C18H15Cl2N3O2S/c1-23-16(24)10-15(17(25)21-13-7-5-11(19)6-8-13)26-18(23)22-14-4-2-3-12(20)9-14/h2-9,15H,10H2,1H3,(H,21,25). The van der Waals surface area contributed by atoms with E-state index in [1.54, 1.807) is 55.6 Å². The van der Waals surface area contributed by atoms with Crippen molar-refractivity contribution in [3.05, 3.63) is 58.6 Å². The van der Waals surface area contributed by atoms with E-state index in [2.05, 4.69) is 10.3 Å². The van der Waals surface area contributed by atoms with Gasteiger partial charge in [-0.1, -0.05) is 41.0 Å². The molecule has 0 saturated carbocycles. The van der Waals surface area contributed by atoms with Gasteiger partial charge in [0.2, 0.25) is 11.8 Å². The number of hydrogen-bond acceptors (Lipinski definition) is 4. The molecule has 0 radical (unpaired) electrons. The van der Waals surface area contributed by atoms with Crippen LogP contribution in [0.25, 0.3) is 0 Å². The lowest BCUT2D eigenvalue weighted by Crippen LogP contribution is -2.43. The lowest BCUT2D eigenvalue weighted by atomic mass is 10.2. The number of carbonyl (C=O) groups excluding carboxylic acids is 2. The van der Waals surface area contributed by atoms with E-state index in [1.165, 1.54) is 16.7 Å². The first-order chi connectivity index (χ1) is 12.4. The smallest absolute Gasteiger partial charge is 0.238 e. The number of amidine groups is 1. The summed E-state index contributed by atoms with van der Waals surface area (Å²) >= 11 is 13.1. The minimum absolute atomic E-state index is 0.106. The van der Waals surface area contributed by atoms with Crippen LogP contribution in [0.3, 0.4) is 0 Å². The van der Waals surface area contributed by atoms with Crippen LogP contribution in [0, 0.1) is 0 Å². The van der Waals surface area contributed by atoms with Gasteiger partial charge in [0.05, 0.1) is 5.69 Å². The quantitative estimate of drug-likeness (QED) is 0.809. The molecule has 8 heteroatoms. The maximum atomic E-state index is 12.5. The molecule has 0 spiro atoms. The summed E-state index contributed by atoms with van der Waals surface area (Å²) < 4.78 is 0. The molecule has 134 valence electrons. The third-order valence-corrected chi connectivity index (χ3v) is 5.43. The highest BCUT2D eigenvalue weighted by atomic mass is 35.5. The summed E-state index contributed by atoms with van der Waals surface area (Å²) in [6.45, 7) is 0. The van der Waals surface area contributed by atoms with E-state index >= 15 is 0 Å². The Labute approximate surface area is 165 Å². The van der Waals surface area contributed by atoms with Gasteiger partial charge in [0.25, 0.3) is 0 Å². The number of halogens is 2. The molecule has 0 aliphatic carbocycles. The first-order valence-corrected chi connectivity index (χ1v) is 9.40. The van der Waals surface area contributed by atoms with Crippen molar-refractivity contribution in [1.29, 1.82) is 0 Å². The molecule has 1 unspecified atom stereocenters. The van der Waals surface area contributed by atoms with E-state index in [0.29, 0.717) is 26.6 Å². The van der Waals surface area contributed by atoms with E-state index in [9.17, 15) is 9.59 Å². The second-order valence-electron chi connectivity index (χ2n) is 5.63. The van der Waals surface area contributed by atoms with Crippen molar-refractivity contribution in [2.24, 2.45) is 4.99 Å². The third kappa shape index (κ3) is 4.58. The molecule has 2 aromatic carbocycles. The number of thioether (sulfide) groups is 1. The fourth-order valence-corrected chi connectivity index (χ4v) is 3.68. The van der Waals surface area contributed by atoms with Crippen molar-refractivity contribution in [2.75, 3.05) is 12.4 Å². The molecule has 5 nitrogen and oxygen atoms in total. The molecule has 0 bridgehead atoms. The van der Waals surface area contributed by atoms with Gasteiger partial charge >= 0.3 is 0 Å². The van der Waals surface area contributed by atoms with Crippen LogP contribution < -0.4 is 5.32 Å². The van der Waals surface area contributed by atoms with E-state index in [0.717, 1.165) is 0 Å². The number of nitrogens with zero attached hydrogens (tertiary/aromatic N) is 2. The molecular formula is C18H15Cl2N3O2S. The van der Waals surface area contributed by atoms with Crippen LogP contribution in [-0.2, 0) is 9.59 Å². The first-order valence-electron chi connectivity index (χ1n) is 7.76. The topological polar surface area (TPSA) is 61.8 Å². The van der Waals surface area contributed by atoms with Crippen molar-refractivity contribution in [2.45, 2.75) is 11.7 Å². The summed E-state index contributed by atoms with van der Waals surface area (Å²) in [5.74, 6) is -0.418. The van der Waals surface area contributed by atoms with E-state index < -0.39 is 5.25 Å². The molecule has 1 aliphatic rings. The Morgan fingerprint density at radius 1 is 1.19 bits per heavy atom. The normalized spacial score (nSPS) is 18.9. The Morgan fingerprint density at radius 2 is 1.92 bits per heavy atom. The molecule has 1 saturated heterocycles. The summed E-state index contributed by atoms with van der Waals surface area (Å²) in [5.41, 5.74) is 1.25. The fraction of sp³-hybridized carbons (Fsp3) is 0.167. The summed E-state index contributed by atoms with van der Waals surface area (Å²) in [5, 5.41) is 3.84. The molecule has 1 fully saturated rings. The van der Waals surface area contributed by atoms with Crippen LogP contribution in [0.5, 0.6) is 0 Å². The summed E-state index contributed by atoms with van der Waals surface area (Å²) in [4.78, 5) is 30.7. The van der Waals surface area contributed by atoms with Crippen LogP contribution in [0.15, 0.2) is 53.5 Å². The Hall–Kier alpha value is -2.02. The number of nitrogens with one attached hydrogen (secondary N) is 1. The van der Waals surface area contributed by atoms with Crippen LogP contribution in [0.4, 0.5) is 11.4 Å². The average molecular weight is 408 g/mol. The predicted molar refractivity (Wildman–Crippen MR) is 107 cm³/mol. The summed E-state index contributed by atoms with van der Waals surface area (Å²) in [7, 11) is 1.64. The zero-order chi connectivity index (χ0) is 18.7. The maximum Gasteiger partial charge on any atom is 0.238 e. The third-order valence-electron chi connectivity index (χ3n) is 3.71. The second-order valence-corrected chi connectivity index (χ2v) is 7.68. The molecule has 2 amide bonds. The molecule has 1 aliphatic heterocycles. The van der Waals surface area contributed by atoms with Crippen molar-refractivity contribution in [1.82, 2.24) is 4.90 Å². The number of anilines is 1. The van der Waals surface area contributed by atoms with Gasteiger partial charge in [-0.3, -0.25) is 14.5 Å². The number of aliphatic imine (C=N–C) groups is 1. The molecular weight excluding hydrogens is 393 g/mol. The molecule has 3 rings (SSSR count). The molecule has 0 aromatic heterocycles. The molecule has 2 aromatic rings. The first kappa shape index (κ1) is 18.8. The van der Waals surface area contributed by atoms with E-state index in [4.69, 9.17) is 23.2 Å². The van der Waals surface area contributed by atoms with Crippen LogP contribution >= 0.6 is 35.0 Å². The Kier molecular flexibility index (Phi) is 5.86. The minimum atomic E-state index is -0.563. The van der Waals surface area contributed by atoms with Crippen molar-refractivity contribution in [3.8, 4) is 0 Å². The fourth-order valence-electron chi connectivity index (χ4n) is 2.31.